The van der Waals surface area contributed by atoms with Gasteiger partial charge in [0.2, 0.25) is 0 Å². The normalized spacial score (nSPS) is 11.0. The SMILES string of the molecule is Cc1cc(C)c(CCNCc2ccn(C)n2)cc1C.O=C(O)C(F)(F)F. The van der Waals surface area contributed by atoms with Gasteiger partial charge in [0.25, 0.3) is 0 Å². The van der Waals surface area contributed by atoms with E-state index in [1.165, 1.54) is 22.3 Å². The number of alkyl halides is 3. The molecule has 0 amide bonds. The van der Waals surface area contributed by atoms with Crippen LogP contribution in [0, 0.1) is 20.8 Å². The Labute approximate surface area is 150 Å². The van der Waals surface area contributed by atoms with Crippen LogP contribution in [0.1, 0.15) is 27.9 Å². The molecule has 5 nitrogen and oxygen atoms in total. The second-order valence-corrected chi connectivity index (χ2v) is 6.07. The number of benzene rings is 1. The predicted octanol–water partition coefficient (Wildman–Crippen LogP) is 3.31. The average molecular weight is 371 g/mol. The third-order valence-electron chi connectivity index (χ3n) is 3.84. The minimum atomic E-state index is -5.08. The molecule has 0 bridgehead atoms. The number of carbonyl (C=O) groups is 1. The molecule has 8 heteroatoms. The van der Waals surface area contributed by atoms with Gasteiger partial charge in [0.15, 0.2) is 0 Å². The topological polar surface area (TPSA) is 67.2 Å². The summed E-state index contributed by atoms with van der Waals surface area (Å²) >= 11 is 0. The maximum atomic E-state index is 10.6. The Morgan fingerprint density at radius 3 is 2.27 bits per heavy atom. The summed E-state index contributed by atoms with van der Waals surface area (Å²) in [6.07, 6.45) is -2.04. The van der Waals surface area contributed by atoms with Crippen molar-refractivity contribution in [2.45, 2.75) is 39.9 Å². The lowest BCUT2D eigenvalue weighted by atomic mass is 9.99. The molecular formula is C18H24F3N3O2. The van der Waals surface area contributed by atoms with E-state index in [9.17, 15) is 13.2 Å². The van der Waals surface area contributed by atoms with Crippen molar-refractivity contribution in [2.24, 2.45) is 7.05 Å². The van der Waals surface area contributed by atoms with Gasteiger partial charge in [-0.05, 0) is 62.1 Å². The molecule has 2 aromatic rings. The smallest absolute Gasteiger partial charge is 0.475 e. The molecular weight excluding hydrogens is 347 g/mol. The maximum absolute atomic E-state index is 10.6. The Hall–Kier alpha value is -2.35. The first kappa shape index (κ1) is 21.7. The second-order valence-electron chi connectivity index (χ2n) is 6.07. The molecule has 1 heterocycles. The molecule has 0 aliphatic rings. The van der Waals surface area contributed by atoms with Crippen LogP contribution in [-0.4, -0.2) is 33.6 Å². The highest BCUT2D eigenvalue weighted by Gasteiger charge is 2.38. The third-order valence-corrected chi connectivity index (χ3v) is 3.84. The zero-order chi connectivity index (χ0) is 19.9. The van der Waals surface area contributed by atoms with Gasteiger partial charge in [-0.15, -0.1) is 0 Å². The zero-order valence-electron chi connectivity index (χ0n) is 15.3. The molecule has 0 saturated carbocycles. The van der Waals surface area contributed by atoms with Gasteiger partial charge < -0.3 is 10.4 Å². The van der Waals surface area contributed by atoms with E-state index in [2.05, 4.69) is 43.3 Å². The summed E-state index contributed by atoms with van der Waals surface area (Å²) in [5, 5.41) is 14.9. The largest absolute Gasteiger partial charge is 0.490 e. The quantitative estimate of drug-likeness (QED) is 0.792. The van der Waals surface area contributed by atoms with Crippen molar-refractivity contribution in [3.05, 3.63) is 52.3 Å². The van der Waals surface area contributed by atoms with Gasteiger partial charge in [0.1, 0.15) is 0 Å². The number of halogens is 3. The molecule has 0 aliphatic heterocycles. The van der Waals surface area contributed by atoms with Crippen molar-refractivity contribution in [1.82, 2.24) is 15.1 Å². The zero-order valence-corrected chi connectivity index (χ0v) is 15.3. The van der Waals surface area contributed by atoms with E-state index in [-0.39, 0.29) is 0 Å². The first-order valence-corrected chi connectivity index (χ1v) is 8.06. The van der Waals surface area contributed by atoms with Gasteiger partial charge in [-0.2, -0.15) is 18.3 Å². The Kier molecular flexibility index (Phi) is 7.82. The van der Waals surface area contributed by atoms with Crippen LogP contribution < -0.4 is 5.32 Å². The Bertz CT molecular complexity index is 740. The molecule has 26 heavy (non-hydrogen) atoms. The van der Waals surface area contributed by atoms with E-state index in [1.807, 2.05) is 24.0 Å². The molecule has 1 aromatic carbocycles. The number of carboxylic acid groups (broad SMARTS) is 1. The lowest BCUT2D eigenvalue weighted by molar-refractivity contribution is -0.192. The first-order valence-electron chi connectivity index (χ1n) is 8.06. The predicted molar refractivity (Wildman–Crippen MR) is 93.0 cm³/mol. The van der Waals surface area contributed by atoms with E-state index in [0.29, 0.717) is 0 Å². The van der Waals surface area contributed by atoms with Crippen molar-refractivity contribution < 1.29 is 23.1 Å². The molecule has 2 N–H and O–H groups in total. The molecule has 0 radical (unpaired) electrons. The minimum absolute atomic E-state index is 0.838. The summed E-state index contributed by atoms with van der Waals surface area (Å²) in [7, 11) is 1.95. The van der Waals surface area contributed by atoms with Crippen molar-refractivity contribution in [1.29, 1.82) is 0 Å². The van der Waals surface area contributed by atoms with Crippen LogP contribution in [0.5, 0.6) is 0 Å². The van der Waals surface area contributed by atoms with Gasteiger partial charge in [-0.25, -0.2) is 4.79 Å². The van der Waals surface area contributed by atoms with E-state index in [1.54, 1.807) is 0 Å². The Balaban J connectivity index is 0.000000412. The number of hydrogen-bond donors (Lipinski definition) is 2. The van der Waals surface area contributed by atoms with E-state index >= 15 is 0 Å². The molecule has 144 valence electrons. The third kappa shape index (κ3) is 7.26. The monoisotopic (exact) mass is 371 g/mol. The fraction of sp³-hybridized carbons (Fsp3) is 0.444. The molecule has 2 rings (SSSR count). The number of nitrogens with zero attached hydrogens (tertiary/aromatic N) is 2. The van der Waals surface area contributed by atoms with Crippen LogP contribution in [0.3, 0.4) is 0 Å². The van der Waals surface area contributed by atoms with Crippen LogP contribution >= 0.6 is 0 Å². The van der Waals surface area contributed by atoms with E-state index in [4.69, 9.17) is 9.90 Å². The highest BCUT2D eigenvalue weighted by Crippen LogP contribution is 2.15. The van der Waals surface area contributed by atoms with Gasteiger partial charge >= 0.3 is 12.1 Å². The van der Waals surface area contributed by atoms with Crippen LogP contribution in [0.4, 0.5) is 13.2 Å². The summed E-state index contributed by atoms with van der Waals surface area (Å²) in [5.41, 5.74) is 6.69. The number of carboxylic acids is 1. The summed E-state index contributed by atoms with van der Waals surface area (Å²) in [6.45, 7) is 8.37. The van der Waals surface area contributed by atoms with Gasteiger partial charge in [0.05, 0.1) is 5.69 Å². The number of nitrogens with one attached hydrogen (secondary N) is 1. The van der Waals surface area contributed by atoms with Gasteiger partial charge in [0, 0.05) is 19.8 Å². The first-order chi connectivity index (χ1) is 12.0. The molecule has 0 unspecified atom stereocenters. The van der Waals surface area contributed by atoms with Crippen LogP contribution in [-0.2, 0) is 24.8 Å². The van der Waals surface area contributed by atoms with Gasteiger partial charge in [-0.3, -0.25) is 4.68 Å². The fourth-order valence-electron chi connectivity index (χ4n) is 2.29. The minimum Gasteiger partial charge on any atom is -0.475 e. The highest BCUT2D eigenvalue weighted by atomic mass is 19.4. The van der Waals surface area contributed by atoms with Crippen molar-refractivity contribution in [2.75, 3.05) is 6.54 Å². The number of hydrogen-bond acceptors (Lipinski definition) is 3. The fourth-order valence-corrected chi connectivity index (χ4v) is 2.29. The average Bonchev–Trinajstić information content (AvgIpc) is 2.93. The summed E-state index contributed by atoms with van der Waals surface area (Å²) in [5.74, 6) is -2.76. The van der Waals surface area contributed by atoms with Crippen molar-refractivity contribution >= 4 is 5.97 Å². The van der Waals surface area contributed by atoms with Crippen molar-refractivity contribution in [3.63, 3.8) is 0 Å². The second kappa shape index (κ2) is 9.38. The highest BCUT2D eigenvalue weighted by molar-refractivity contribution is 5.73. The molecule has 1 aromatic heterocycles. The molecule has 0 fully saturated rings. The number of aliphatic carboxylic acids is 1. The lowest BCUT2D eigenvalue weighted by Gasteiger charge is -2.10. The van der Waals surface area contributed by atoms with Crippen LogP contribution in [0.2, 0.25) is 0 Å². The summed E-state index contributed by atoms with van der Waals surface area (Å²) in [6, 6.07) is 6.64. The molecule has 0 spiro atoms. The summed E-state index contributed by atoms with van der Waals surface area (Å²) < 4.78 is 33.6. The molecule has 0 aliphatic carbocycles. The lowest BCUT2D eigenvalue weighted by Crippen LogP contribution is -2.21. The Morgan fingerprint density at radius 2 is 1.77 bits per heavy atom. The van der Waals surface area contributed by atoms with Crippen LogP contribution in [0.15, 0.2) is 24.4 Å². The van der Waals surface area contributed by atoms with E-state index in [0.717, 1.165) is 25.2 Å². The standard InChI is InChI=1S/C16H23N3.C2HF3O2/c1-12-9-14(3)15(10-13(12)2)5-7-17-11-16-6-8-19(4)18-16;3-2(4,5)1(6)7/h6,8-10,17H,5,7,11H2,1-4H3;(H,6,7). The van der Waals surface area contributed by atoms with E-state index < -0.39 is 12.1 Å². The maximum Gasteiger partial charge on any atom is 0.490 e. The Morgan fingerprint density at radius 1 is 1.19 bits per heavy atom. The molecule has 0 atom stereocenters. The number of aryl methyl sites for hydroxylation is 4. The van der Waals surface area contributed by atoms with Crippen LogP contribution in [0.25, 0.3) is 0 Å². The molecule has 0 saturated heterocycles. The summed E-state index contributed by atoms with van der Waals surface area (Å²) in [4.78, 5) is 8.90. The van der Waals surface area contributed by atoms with Crippen molar-refractivity contribution in [3.8, 4) is 0 Å². The van der Waals surface area contributed by atoms with Gasteiger partial charge in [-0.1, -0.05) is 12.1 Å². The number of rotatable bonds is 5. The number of aromatic nitrogens is 2.